The number of carbonyl (C=O) groups excluding carboxylic acids is 2. The minimum absolute atomic E-state index is 0.165. The smallest absolute Gasteiger partial charge is 0.335 e. The van der Waals surface area contributed by atoms with Gasteiger partial charge in [-0.3, -0.25) is 4.79 Å². The van der Waals surface area contributed by atoms with Crippen molar-refractivity contribution in [1.29, 1.82) is 0 Å². The normalized spacial score (nSPS) is 11.7. The number of nitrogens with zero attached hydrogens (tertiary/aromatic N) is 2. The number of hydrogen-bond acceptors (Lipinski definition) is 7. The number of aromatic nitrogens is 2. The highest BCUT2D eigenvalue weighted by molar-refractivity contribution is 5.95. The van der Waals surface area contributed by atoms with E-state index in [-0.39, 0.29) is 12.3 Å². The monoisotopic (exact) mass is 461 g/mol. The fourth-order valence-corrected chi connectivity index (χ4v) is 3.54. The van der Waals surface area contributed by atoms with Gasteiger partial charge in [-0.2, -0.15) is 0 Å². The molecule has 0 spiro atoms. The van der Waals surface area contributed by atoms with E-state index in [0.29, 0.717) is 16.1 Å². The van der Waals surface area contributed by atoms with Crippen molar-refractivity contribution in [2.24, 2.45) is 0 Å². The molecule has 0 radical (unpaired) electrons. The maximum absolute atomic E-state index is 12.6. The van der Waals surface area contributed by atoms with Crippen LogP contribution in [-0.4, -0.2) is 38.0 Å². The number of aromatic hydroxyl groups is 2. The molecule has 1 amide bonds. The number of hydrogen-bond donors (Lipinski definition) is 3. The van der Waals surface area contributed by atoms with E-state index in [1.807, 2.05) is 49.4 Å². The minimum Gasteiger partial charge on any atom is -0.492 e. The highest BCUT2D eigenvalue weighted by atomic mass is 16.7. The molecule has 1 atom stereocenters. The van der Waals surface area contributed by atoms with E-state index in [9.17, 15) is 19.8 Å². The van der Waals surface area contributed by atoms with Crippen LogP contribution in [0.1, 0.15) is 29.5 Å². The van der Waals surface area contributed by atoms with Crippen molar-refractivity contribution in [2.75, 3.05) is 0 Å². The fraction of sp³-hybridized carbons (Fsp3) is 0.160. The average molecular weight is 461 g/mol. The summed E-state index contributed by atoms with van der Waals surface area (Å²) in [6.45, 7) is 3.49. The zero-order chi connectivity index (χ0) is 24.2. The second-order valence-electron chi connectivity index (χ2n) is 7.79. The zero-order valence-corrected chi connectivity index (χ0v) is 18.6. The van der Waals surface area contributed by atoms with Crippen LogP contribution in [0.25, 0.3) is 22.4 Å². The average Bonchev–Trinajstić information content (AvgIpc) is 3.36. The highest BCUT2D eigenvalue weighted by Gasteiger charge is 2.19. The maximum atomic E-state index is 12.6. The molecule has 3 N–H and O–H groups in total. The first-order valence-electron chi connectivity index (χ1n) is 10.6. The lowest BCUT2D eigenvalue weighted by atomic mass is 9.98. The van der Waals surface area contributed by atoms with Gasteiger partial charge in [-0.05, 0) is 31.5 Å². The molecule has 34 heavy (non-hydrogen) atoms. The summed E-state index contributed by atoms with van der Waals surface area (Å²) < 4.78 is 6.02. The van der Waals surface area contributed by atoms with Crippen LogP contribution in [0, 0.1) is 6.92 Å². The summed E-state index contributed by atoms with van der Waals surface area (Å²) >= 11 is 0. The highest BCUT2D eigenvalue weighted by Crippen LogP contribution is 2.34. The second-order valence-corrected chi connectivity index (χ2v) is 7.79. The number of amides is 1. The zero-order valence-electron chi connectivity index (χ0n) is 18.6. The Kier molecular flexibility index (Phi) is 6.35. The number of carbonyl (C=O) groups is 2. The Bertz CT molecular complexity index is 1290. The molecule has 0 bridgehead atoms. The van der Waals surface area contributed by atoms with Gasteiger partial charge in [-0.15, -0.1) is 4.73 Å². The summed E-state index contributed by atoms with van der Waals surface area (Å²) in [6, 6.07) is 18.5. The van der Waals surface area contributed by atoms with Gasteiger partial charge in [0, 0.05) is 29.3 Å². The van der Waals surface area contributed by atoms with Crippen LogP contribution in [0.3, 0.4) is 0 Å². The Morgan fingerprint density at radius 2 is 1.65 bits per heavy atom. The van der Waals surface area contributed by atoms with Gasteiger partial charge in [-0.25, -0.2) is 4.79 Å². The van der Waals surface area contributed by atoms with Crippen LogP contribution in [0.2, 0.25) is 0 Å². The van der Waals surface area contributed by atoms with E-state index < -0.39 is 23.8 Å². The molecule has 0 aliphatic carbocycles. The van der Waals surface area contributed by atoms with Crippen molar-refractivity contribution in [3.05, 3.63) is 78.1 Å². The van der Waals surface area contributed by atoms with E-state index in [0.717, 1.165) is 22.4 Å². The summed E-state index contributed by atoms with van der Waals surface area (Å²) in [5.41, 5.74) is 3.78. The van der Waals surface area contributed by atoms with Crippen LogP contribution in [0.5, 0.6) is 11.8 Å². The van der Waals surface area contributed by atoms with E-state index >= 15 is 0 Å². The van der Waals surface area contributed by atoms with E-state index in [2.05, 4.69) is 10.5 Å². The van der Waals surface area contributed by atoms with Gasteiger partial charge in [-0.1, -0.05) is 47.6 Å². The molecule has 2 aromatic heterocycles. The Balaban J connectivity index is 1.41. The Labute approximate surface area is 195 Å². The number of rotatable bonds is 7. The predicted octanol–water partition coefficient (Wildman–Crippen LogP) is 3.69. The van der Waals surface area contributed by atoms with Crippen molar-refractivity contribution in [2.45, 2.75) is 26.3 Å². The molecule has 0 aliphatic heterocycles. The van der Waals surface area contributed by atoms with Gasteiger partial charge in [0.15, 0.2) is 0 Å². The molecule has 4 aromatic rings. The van der Waals surface area contributed by atoms with Gasteiger partial charge in [0.1, 0.15) is 11.5 Å². The molecule has 9 nitrogen and oxygen atoms in total. The molecule has 0 saturated carbocycles. The SMILES string of the molecule is Cc1onc(-c2ccccc2)c1-c1ccc(C(=O)NC(C)CC(=O)On2c(O)ccc2O)cc1. The van der Waals surface area contributed by atoms with Gasteiger partial charge in [0.25, 0.3) is 5.91 Å². The lowest BCUT2D eigenvalue weighted by molar-refractivity contribution is -0.145. The quantitative estimate of drug-likeness (QED) is 0.383. The Morgan fingerprint density at radius 1 is 1.00 bits per heavy atom. The number of nitrogens with one attached hydrogen (secondary N) is 1. The standard InChI is InChI=1S/C25H23N3O6/c1-15(14-22(31)34-28-20(29)12-13-21(28)30)26-25(32)19-10-8-17(9-11-19)23-16(2)33-27-24(23)18-6-4-3-5-7-18/h3-13,15,29-30H,14H2,1-2H3,(H,26,32). The molecule has 0 fully saturated rings. The third-order valence-corrected chi connectivity index (χ3v) is 5.19. The van der Waals surface area contributed by atoms with Gasteiger partial charge < -0.3 is 24.9 Å². The largest absolute Gasteiger partial charge is 0.492 e. The summed E-state index contributed by atoms with van der Waals surface area (Å²) in [6.07, 6.45) is -0.165. The molecule has 9 heteroatoms. The molecule has 174 valence electrons. The second kappa shape index (κ2) is 9.53. The summed E-state index contributed by atoms with van der Waals surface area (Å²) in [7, 11) is 0. The third-order valence-electron chi connectivity index (χ3n) is 5.19. The molecular formula is C25H23N3O6. The number of benzene rings is 2. The van der Waals surface area contributed by atoms with Crippen LogP contribution < -0.4 is 10.2 Å². The van der Waals surface area contributed by atoms with Crippen LogP contribution >= 0.6 is 0 Å². The van der Waals surface area contributed by atoms with Gasteiger partial charge >= 0.3 is 5.97 Å². The Morgan fingerprint density at radius 3 is 2.29 bits per heavy atom. The van der Waals surface area contributed by atoms with E-state index in [1.54, 1.807) is 19.1 Å². The minimum atomic E-state index is -0.735. The van der Waals surface area contributed by atoms with E-state index in [4.69, 9.17) is 9.36 Å². The van der Waals surface area contributed by atoms with Gasteiger partial charge in [0.05, 0.1) is 12.0 Å². The van der Waals surface area contributed by atoms with Crippen molar-refractivity contribution in [3.8, 4) is 34.1 Å². The van der Waals surface area contributed by atoms with Crippen LogP contribution in [-0.2, 0) is 4.79 Å². The first-order chi connectivity index (χ1) is 16.3. The summed E-state index contributed by atoms with van der Waals surface area (Å²) in [5, 5.41) is 26.0. The molecule has 1 unspecified atom stereocenters. The molecule has 0 aliphatic rings. The first-order valence-corrected chi connectivity index (χ1v) is 10.6. The lowest BCUT2D eigenvalue weighted by Gasteiger charge is -2.14. The third kappa shape index (κ3) is 4.78. The van der Waals surface area contributed by atoms with Crippen LogP contribution in [0.15, 0.2) is 71.3 Å². The topological polar surface area (TPSA) is 127 Å². The van der Waals surface area contributed by atoms with Crippen LogP contribution in [0.4, 0.5) is 0 Å². The summed E-state index contributed by atoms with van der Waals surface area (Å²) in [5.74, 6) is -1.25. The predicted molar refractivity (Wildman–Crippen MR) is 123 cm³/mol. The summed E-state index contributed by atoms with van der Waals surface area (Å²) in [4.78, 5) is 29.6. The molecule has 0 saturated heterocycles. The van der Waals surface area contributed by atoms with E-state index in [1.165, 1.54) is 12.1 Å². The fourth-order valence-electron chi connectivity index (χ4n) is 3.54. The first kappa shape index (κ1) is 22.7. The van der Waals surface area contributed by atoms with Gasteiger partial charge in [0.2, 0.25) is 11.8 Å². The maximum Gasteiger partial charge on any atom is 0.335 e. The molecule has 2 heterocycles. The van der Waals surface area contributed by atoms with Crippen molar-refractivity contribution < 1.29 is 29.2 Å². The molecular weight excluding hydrogens is 438 g/mol. The Hall–Kier alpha value is -4.53. The van der Waals surface area contributed by atoms with Crippen molar-refractivity contribution in [1.82, 2.24) is 15.2 Å². The molecule has 2 aromatic carbocycles. The lowest BCUT2D eigenvalue weighted by Crippen LogP contribution is -2.36. The number of aryl methyl sites for hydroxylation is 1. The molecule has 4 rings (SSSR count). The van der Waals surface area contributed by atoms with Crippen molar-refractivity contribution in [3.63, 3.8) is 0 Å². The van der Waals surface area contributed by atoms with Crippen molar-refractivity contribution >= 4 is 11.9 Å².